The molecule has 6 heteroatoms. The Labute approximate surface area is 168 Å². The number of thiophene rings is 1. The van der Waals surface area contributed by atoms with E-state index in [1.54, 1.807) is 16.2 Å². The largest absolute Gasteiger partial charge is 0.328 e. The van der Waals surface area contributed by atoms with Crippen molar-refractivity contribution < 1.29 is 9.69 Å². The molecule has 4 rings (SSSR count). The van der Waals surface area contributed by atoms with Crippen LogP contribution in [0.1, 0.15) is 26.5 Å². The highest BCUT2D eigenvalue weighted by Crippen LogP contribution is 2.30. The Morgan fingerprint density at radius 1 is 1.19 bits per heavy atom. The smallest absolute Gasteiger partial charge is 0.266 e. The summed E-state index contributed by atoms with van der Waals surface area (Å²) in [7, 11) is 0. The van der Waals surface area contributed by atoms with Crippen LogP contribution in [0.15, 0.2) is 41.1 Å². The van der Waals surface area contributed by atoms with Gasteiger partial charge in [-0.05, 0) is 30.9 Å². The Bertz CT molecular complexity index is 925. The van der Waals surface area contributed by atoms with Crippen LogP contribution in [0.3, 0.4) is 0 Å². The number of rotatable bonds is 4. The molecule has 1 saturated heterocycles. The molecule has 1 amide bonds. The quantitative estimate of drug-likeness (QED) is 0.734. The minimum atomic E-state index is 0.140. The Morgan fingerprint density at radius 3 is 2.67 bits per heavy atom. The SMILES string of the molecule is Cc1ccccc1C[NH+]1CCN(C(=O)c2sc(-c3ccsc3)nc2C)CC1. The first-order chi connectivity index (χ1) is 13.1. The van der Waals surface area contributed by atoms with Crippen molar-refractivity contribution in [2.75, 3.05) is 26.2 Å². The highest BCUT2D eigenvalue weighted by molar-refractivity contribution is 7.17. The fourth-order valence-corrected chi connectivity index (χ4v) is 5.27. The molecule has 0 unspecified atom stereocenters. The topological polar surface area (TPSA) is 37.6 Å². The van der Waals surface area contributed by atoms with E-state index in [1.807, 2.05) is 17.2 Å². The van der Waals surface area contributed by atoms with E-state index in [9.17, 15) is 4.79 Å². The van der Waals surface area contributed by atoms with Gasteiger partial charge in [-0.2, -0.15) is 11.3 Å². The van der Waals surface area contributed by atoms with E-state index >= 15 is 0 Å². The van der Waals surface area contributed by atoms with Crippen LogP contribution in [-0.4, -0.2) is 42.0 Å². The molecule has 1 aromatic carbocycles. The van der Waals surface area contributed by atoms with Crippen LogP contribution in [-0.2, 0) is 6.54 Å². The Kier molecular flexibility index (Phi) is 5.38. The second kappa shape index (κ2) is 7.92. The number of carbonyl (C=O) groups is 1. The second-order valence-corrected chi connectivity index (χ2v) is 8.87. The van der Waals surface area contributed by atoms with Gasteiger partial charge in [0, 0.05) is 16.5 Å². The van der Waals surface area contributed by atoms with Gasteiger partial charge in [-0.1, -0.05) is 24.3 Å². The first-order valence-corrected chi connectivity index (χ1v) is 11.0. The molecule has 1 aliphatic heterocycles. The summed E-state index contributed by atoms with van der Waals surface area (Å²) in [4.78, 5) is 22.0. The summed E-state index contributed by atoms with van der Waals surface area (Å²) in [6.07, 6.45) is 0. The van der Waals surface area contributed by atoms with Crippen LogP contribution >= 0.6 is 22.7 Å². The summed E-state index contributed by atoms with van der Waals surface area (Å²) in [5.41, 5.74) is 4.72. The van der Waals surface area contributed by atoms with Gasteiger partial charge >= 0.3 is 0 Å². The third kappa shape index (κ3) is 3.98. The van der Waals surface area contributed by atoms with Crippen molar-refractivity contribution in [3.63, 3.8) is 0 Å². The Morgan fingerprint density at radius 2 is 1.96 bits per heavy atom. The van der Waals surface area contributed by atoms with Crippen molar-refractivity contribution in [3.05, 3.63) is 62.8 Å². The molecular formula is C21H24N3OS2+. The lowest BCUT2D eigenvalue weighted by molar-refractivity contribution is -0.917. The van der Waals surface area contributed by atoms with E-state index in [2.05, 4.69) is 47.6 Å². The predicted octanol–water partition coefficient (Wildman–Crippen LogP) is 3.03. The highest BCUT2D eigenvalue weighted by Gasteiger charge is 2.27. The Hall–Kier alpha value is -2.02. The molecule has 2 aromatic heterocycles. The maximum atomic E-state index is 13.0. The zero-order chi connectivity index (χ0) is 18.8. The monoisotopic (exact) mass is 398 g/mol. The van der Waals surface area contributed by atoms with Gasteiger partial charge in [-0.15, -0.1) is 11.3 Å². The van der Waals surface area contributed by atoms with Crippen LogP contribution < -0.4 is 4.90 Å². The predicted molar refractivity (Wildman–Crippen MR) is 112 cm³/mol. The molecule has 3 aromatic rings. The van der Waals surface area contributed by atoms with Crippen LogP contribution in [0.25, 0.3) is 10.6 Å². The molecule has 0 radical (unpaired) electrons. The summed E-state index contributed by atoms with van der Waals surface area (Å²) < 4.78 is 0. The molecule has 1 aliphatic rings. The normalized spacial score (nSPS) is 15.3. The van der Waals surface area contributed by atoms with E-state index in [0.717, 1.165) is 53.9 Å². The summed E-state index contributed by atoms with van der Waals surface area (Å²) >= 11 is 3.18. The number of quaternary nitrogens is 1. The number of carbonyl (C=O) groups excluding carboxylic acids is 1. The lowest BCUT2D eigenvalue weighted by Gasteiger charge is -2.32. The zero-order valence-corrected chi connectivity index (χ0v) is 17.3. The van der Waals surface area contributed by atoms with E-state index in [-0.39, 0.29) is 5.91 Å². The number of thiazole rings is 1. The summed E-state index contributed by atoms with van der Waals surface area (Å²) in [5, 5.41) is 5.07. The summed E-state index contributed by atoms with van der Waals surface area (Å²) in [6.45, 7) is 8.77. The average Bonchev–Trinajstić information content (AvgIpc) is 3.33. The standard InChI is InChI=1S/C21H23N3OS2/c1-15-5-3-4-6-17(15)13-23-8-10-24(11-9-23)21(25)19-16(2)22-20(27-19)18-7-12-26-14-18/h3-7,12,14H,8-11,13H2,1-2H3/p+1. The summed E-state index contributed by atoms with van der Waals surface area (Å²) in [6, 6.07) is 10.6. The third-order valence-electron chi connectivity index (χ3n) is 5.22. The number of hydrogen-bond donors (Lipinski definition) is 1. The molecule has 0 atom stereocenters. The van der Waals surface area contributed by atoms with Crippen molar-refractivity contribution in [2.45, 2.75) is 20.4 Å². The van der Waals surface area contributed by atoms with Crippen LogP contribution in [0.4, 0.5) is 0 Å². The fourth-order valence-electron chi connectivity index (χ4n) is 3.53. The minimum absolute atomic E-state index is 0.140. The second-order valence-electron chi connectivity index (χ2n) is 7.09. The molecule has 4 nitrogen and oxygen atoms in total. The maximum Gasteiger partial charge on any atom is 0.266 e. The molecule has 0 spiro atoms. The van der Waals surface area contributed by atoms with Gasteiger partial charge in [0.2, 0.25) is 0 Å². The van der Waals surface area contributed by atoms with Crippen LogP contribution in [0, 0.1) is 13.8 Å². The van der Waals surface area contributed by atoms with Crippen molar-refractivity contribution in [1.29, 1.82) is 0 Å². The van der Waals surface area contributed by atoms with Gasteiger partial charge in [0.15, 0.2) is 0 Å². The fraction of sp³-hybridized carbons (Fsp3) is 0.333. The van der Waals surface area contributed by atoms with Gasteiger partial charge in [-0.25, -0.2) is 4.98 Å². The zero-order valence-electron chi connectivity index (χ0n) is 15.7. The molecule has 0 aliphatic carbocycles. The van der Waals surface area contributed by atoms with E-state index in [1.165, 1.54) is 22.5 Å². The molecule has 1 fully saturated rings. The lowest BCUT2D eigenvalue weighted by Crippen LogP contribution is -3.13. The average molecular weight is 399 g/mol. The van der Waals surface area contributed by atoms with Crippen molar-refractivity contribution >= 4 is 28.6 Å². The van der Waals surface area contributed by atoms with Gasteiger partial charge in [0.1, 0.15) is 16.4 Å². The van der Waals surface area contributed by atoms with Gasteiger partial charge in [-0.3, -0.25) is 4.79 Å². The molecule has 3 heterocycles. The minimum Gasteiger partial charge on any atom is -0.328 e. The van der Waals surface area contributed by atoms with Crippen molar-refractivity contribution in [1.82, 2.24) is 9.88 Å². The number of nitrogens with zero attached hydrogens (tertiary/aromatic N) is 2. The number of piperazine rings is 1. The third-order valence-corrected chi connectivity index (χ3v) is 7.10. The maximum absolute atomic E-state index is 13.0. The molecule has 140 valence electrons. The van der Waals surface area contributed by atoms with E-state index in [0.29, 0.717) is 0 Å². The van der Waals surface area contributed by atoms with Crippen LogP contribution in [0.5, 0.6) is 0 Å². The molecule has 0 saturated carbocycles. The number of amides is 1. The van der Waals surface area contributed by atoms with Crippen LogP contribution in [0.2, 0.25) is 0 Å². The first kappa shape index (κ1) is 18.3. The number of aryl methyl sites for hydroxylation is 2. The molecule has 0 bridgehead atoms. The van der Waals surface area contributed by atoms with Gasteiger partial charge in [0.05, 0.1) is 31.9 Å². The van der Waals surface area contributed by atoms with Crippen molar-refractivity contribution in [3.8, 4) is 10.6 Å². The molecule has 1 N–H and O–H groups in total. The first-order valence-electron chi connectivity index (χ1n) is 9.29. The summed E-state index contributed by atoms with van der Waals surface area (Å²) in [5.74, 6) is 0.140. The number of benzene rings is 1. The molecular weight excluding hydrogens is 374 g/mol. The van der Waals surface area contributed by atoms with Gasteiger partial charge in [0.25, 0.3) is 5.91 Å². The number of hydrogen-bond acceptors (Lipinski definition) is 4. The Balaban J connectivity index is 1.40. The number of nitrogens with one attached hydrogen (secondary N) is 1. The van der Waals surface area contributed by atoms with E-state index in [4.69, 9.17) is 0 Å². The van der Waals surface area contributed by atoms with Gasteiger partial charge < -0.3 is 9.80 Å². The lowest BCUT2D eigenvalue weighted by atomic mass is 10.1. The molecule has 27 heavy (non-hydrogen) atoms. The van der Waals surface area contributed by atoms with E-state index < -0.39 is 0 Å². The number of aromatic nitrogens is 1. The highest BCUT2D eigenvalue weighted by atomic mass is 32.1. The van der Waals surface area contributed by atoms with Crippen molar-refractivity contribution in [2.24, 2.45) is 0 Å².